The first-order valence-corrected chi connectivity index (χ1v) is 8.20. The monoisotopic (exact) mass is 295 g/mol. The van der Waals surface area contributed by atoms with Gasteiger partial charge >= 0.3 is 0 Å². The fourth-order valence-electron chi connectivity index (χ4n) is 3.76. The molecular formula is C18H21N3O. The van der Waals surface area contributed by atoms with E-state index in [1.54, 1.807) is 6.20 Å². The molecule has 1 amide bonds. The molecule has 1 aliphatic heterocycles. The lowest BCUT2D eigenvalue weighted by Gasteiger charge is -2.33. The summed E-state index contributed by atoms with van der Waals surface area (Å²) < 4.78 is 2.13. The van der Waals surface area contributed by atoms with Crippen molar-refractivity contribution >= 4 is 5.91 Å². The van der Waals surface area contributed by atoms with E-state index in [0.29, 0.717) is 6.04 Å². The number of hydrogen-bond acceptors (Lipinski definition) is 2. The summed E-state index contributed by atoms with van der Waals surface area (Å²) in [7, 11) is 0. The number of hydrogen-bond donors (Lipinski definition) is 0. The molecule has 1 saturated heterocycles. The van der Waals surface area contributed by atoms with Crippen molar-refractivity contribution in [1.29, 1.82) is 0 Å². The van der Waals surface area contributed by atoms with Gasteiger partial charge in [0.1, 0.15) is 0 Å². The molecule has 4 heteroatoms. The lowest BCUT2D eigenvalue weighted by Crippen LogP contribution is -2.40. The van der Waals surface area contributed by atoms with Gasteiger partial charge in [-0.3, -0.25) is 4.79 Å². The summed E-state index contributed by atoms with van der Waals surface area (Å²) in [6, 6.07) is 6.63. The van der Waals surface area contributed by atoms with Crippen molar-refractivity contribution in [3.05, 3.63) is 53.6 Å². The lowest BCUT2D eigenvalue weighted by atomic mass is 10.0. The number of amides is 1. The molecule has 4 rings (SSSR count). The first kappa shape index (κ1) is 13.6. The van der Waals surface area contributed by atoms with Gasteiger partial charge in [0.15, 0.2) is 0 Å². The van der Waals surface area contributed by atoms with E-state index in [1.807, 2.05) is 23.5 Å². The van der Waals surface area contributed by atoms with Crippen molar-refractivity contribution in [2.24, 2.45) is 0 Å². The predicted molar refractivity (Wildman–Crippen MR) is 84.9 cm³/mol. The van der Waals surface area contributed by atoms with Gasteiger partial charge in [0, 0.05) is 31.0 Å². The fraction of sp³-hybridized carbons (Fsp3) is 0.444. The van der Waals surface area contributed by atoms with Crippen LogP contribution in [0.2, 0.25) is 0 Å². The summed E-state index contributed by atoms with van der Waals surface area (Å²) in [5.74, 6) is 0.180. The smallest absolute Gasteiger partial charge is 0.253 e. The van der Waals surface area contributed by atoms with E-state index in [2.05, 4.69) is 21.7 Å². The van der Waals surface area contributed by atoms with Crippen molar-refractivity contribution in [3.8, 4) is 0 Å². The lowest BCUT2D eigenvalue weighted by molar-refractivity contribution is 0.0679. The van der Waals surface area contributed by atoms with Crippen LogP contribution in [0.3, 0.4) is 0 Å². The van der Waals surface area contributed by atoms with Crippen LogP contribution in [0, 0.1) is 0 Å². The zero-order valence-electron chi connectivity index (χ0n) is 12.7. The minimum Gasteiger partial charge on any atom is -0.337 e. The van der Waals surface area contributed by atoms with Crippen molar-refractivity contribution in [1.82, 2.24) is 14.5 Å². The maximum absolute atomic E-state index is 12.8. The molecule has 4 nitrogen and oxygen atoms in total. The van der Waals surface area contributed by atoms with E-state index in [9.17, 15) is 4.79 Å². The highest BCUT2D eigenvalue weighted by Crippen LogP contribution is 2.26. The van der Waals surface area contributed by atoms with Crippen molar-refractivity contribution in [2.75, 3.05) is 13.1 Å². The Morgan fingerprint density at radius 3 is 2.95 bits per heavy atom. The summed E-state index contributed by atoms with van der Waals surface area (Å²) in [6.45, 7) is 1.65. The second kappa shape index (κ2) is 5.59. The number of imidazole rings is 1. The van der Waals surface area contributed by atoms with Gasteiger partial charge in [0.2, 0.25) is 0 Å². The van der Waals surface area contributed by atoms with Crippen LogP contribution in [0.1, 0.15) is 46.8 Å². The second-order valence-electron chi connectivity index (χ2n) is 6.39. The number of carbonyl (C=O) groups excluding carboxylic acids is 1. The Hall–Kier alpha value is -2.10. The Bertz CT molecular complexity index is 678. The molecule has 1 aliphatic carbocycles. The van der Waals surface area contributed by atoms with Gasteiger partial charge in [-0.1, -0.05) is 6.07 Å². The molecule has 0 radical (unpaired) electrons. The second-order valence-corrected chi connectivity index (χ2v) is 6.39. The van der Waals surface area contributed by atoms with Crippen LogP contribution >= 0.6 is 0 Å². The van der Waals surface area contributed by atoms with Gasteiger partial charge in [-0.15, -0.1) is 0 Å². The number of likely N-dealkylation sites (tertiary alicyclic amines) is 1. The number of aromatic nitrogens is 2. The number of aryl methyl sites for hydroxylation is 2. The molecule has 2 aliphatic rings. The number of carbonyl (C=O) groups is 1. The number of benzene rings is 1. The Kier molecular flexibility index (Phi) is 3.45. The van der Waals surface area contributed by atoms with Gasteiger partial charge in [-0.05, 0) is 55.4 Å². The number of nitrogens with zero attached hydrogens (tertiary/aromatic N) is 3. The van der Waals surface area contributed by atoms with Crippen LogP contribution in [0.4, 0.5) is 0 Å². The normalized spacial score (nSPS) is 20.9. The fourth-order valence-corrected chi connectivity index (χ4v) is 3.76. The van der Waals surface area contributed by atoms with E-state index >= 15 is 0 Å². The first-order chi connectivity index (χ1) is 10.8. The molecule has 0 saturated carbocycles. The van der Waals surface area contributed by atoms with Crippen molar-refractivity contribution in [2.45, 2.75) is 38.1 Å². The van der Waals surface area contributed by atoms with Gasteiger partial charge in [-0.25, -0.2) is 4.98 Å². The third kappa shape index (κ3) is 2.43. The molecule has 0 bridgehead atoms. The van der Waals surface area contributed by atoms with Gasteiger partial charge in [0.05, 0.1) is 12.4 Å². The highest BCUT2D eigenvalue weighted by atomic mass is 16.2. The minimum absolute atomic E-state index is 0.180. The zero-order chi connectivity index (χ0) is 14.9. The van der Waals surface area contributed by atoms with E-state index < -0.39 is 0 Å². The molecule has 0 spiro atoms. The minimum atomic E-state index is 0.180. The van der Waals surface area contributed by atoms with Crippen LogP contribution < -0.4 is 0 Å². The van der Waals surface area contributed by atoms with E-state index in [-0.39, 0.29) is 5.91 Å². The molecule has 1 unspecified atom stereocenters. The van der Waals surface area contributed by atoms with Crippen LogP contribution in [0.25, 0.3) is 0 Å². The van der Waals surface area contributed by atoms with Gasteiger partial charge < -0.3 is 9.47 Å². The summed E-state index contributed by atoms with van der Waals surface area (Å²) in [6.07, 6.45) is 11.3. The Morgan fingerprint density at radius 1 is 1.18 bits per heavy atom. The maximum Gasteiger partial charge on any atom is 0.253 e. The summed E-state index contributed by atoms with van der Waals surface area (Å²) >= 11 is 0. The van der Waals surface area contributed by atoms with E-state index in [1.165, 1.54) is 17.5 Å². The van der Waals surface area contributed by atoms with Gasteiger partial charge in [0.25, 0.3) is 5.91 Å². The highest BCUT2D eigenvalue weighted by Gasteiger charge is 2.26. The molecular weight excluding hydrogens is 274 g/mol. The largest absolute Gasteiger partial charge is 0.337 e. The molecule has 114 valence electrons. The van der Waals surface area contributed by atoms with Crippen LogP contribution in [0.5, 0.6) is 0 Å². The molecule has 2 heterocycles. The standard InChI is InChI=1S/C18H21N3O/c22-18(16-7-6-14-3-1-4-15(14)11-16)20-9-2-5-17(12-20)21-10-8-19-13-21/h6-8,10-11,13,17H,1-5,9,12H2. The molecule has 1 fully saturated rings. The predicted octanol–water partition coefficient (Wildman–Crippen LogP) is 2.85. The van der Waals surface area contributed by atoms with E-state index in [0.717, 1.165) is 44.3 Å². The van der Waals surface area contributed by atoms with Crippen molar-refractivity contribution < 1.29 is 4.79 Å². The number of rotatable bonds is 2. The third-order valence-electron chi connectivity index (χ3n) is 4.98. The van der Waals surface area contributed by atoms with Crippen LogP contribution in [-0.4, -0.2) is 33.4 Å². The topological polar surface area (TPSA) is 38.1 Å². The summed E-state index contributed by atoms with van der Waals surface area (Å²) in [4.78, 5) is 18.9. The maximum atomic E-state index is 12.8. The Labute approximate surface area is 130 Å². The number of piperidine rings is 1. The summed E-state index contributed by atoms with van der Waals surface area (Å²) in [5.41, 5.74) is 3.65. The molecule has 22 heavy (non-hydrogen) atoms. The molecule has 1 atom stereocenters. The quantitative estimate of drug-likeness (QED) is 0.854. The average Bonchev–Trinajstić information content (AvgIpc) is 3.25. The first-order valence-electron chi connectivity index (χ1n) is 8.20. The molecule has 0 N–H and O–H groups in total. The molecule has 1 aromatic heterocycles. The molecule has 1 aromatic carbocycles. The SMILES string of the molecule is O=C(c1ccc2c(c1)CCC2)N1CCCC(n2ccnc2)C1. The zero-order valence-corrected chi connectivity index (χ0v) is 12.7. The third-order valence-corrected chi connectivity index (χ3v) is 4.98. The van der Waals surface area contributed by atoms with Crippen LogP contribution in [-0.2, 0) is 12.8 Å². The Morgan fingerprint density at radius 2 is 2.09 bits per heavy atom. The highest BCUT2D eigenvalue weighted by molar-refractivity contribution is 5.94. The molecule has 2 aromatic rings. The van der Waals surface area contributed by atoms with Crippen LogP contribution in [0.15, 0.2) is 36.9 Å². The average molecular weight is 295 g/mol. The van der Waals surface area contributed by atoms with E-state index in [4.69, 9.17) is 0 Å². The van der Waals surface area contributed by atoms with Crippen molar-refractivity contribution in [3.63, 3.8) is 0 Å². The van der Waals surface area contributed by atoms with Gasteiger partial charge in [-0.2, -0.15) is 0 Å². The Balaban J connectivity index is 1.52. The summed E-state index contributed by atoms with van der Waals surface area (Å²) in [5, 5.41) is 0. The number of fused-ring (bicyclic) bond motifs is 1.